The first-order valence-electron chi connectivity index (χ1n) is 6.42. The van der Waals surface area contributed by atoms with Crippen LogP contribution in [0.5, 0.6) is 0 Å². The van der Waals surface area contributed by atoms with E-state index in [4.69, 9.17) is 5.11 Å². The molecule has 2 fully saturated rings. The molecule has 1 saturated carbocycles. The van der Waals surface area contributed by atoms with Crippen LogP contribution in [0.2, 0.25) is 0 Å². The molecule has 96 valence electrons. The highest BCUT2D eigenvalue weighted by molar-refractivity contribution is 5.76. The second kappa shape index (κ2) is 5.38. The lowest BCUT2D eigenvalue weighted by Gasteiger charge is -2.30. The second-order valence-electron chi connectivity index (χ2n) is 5.09. The van der Waals surface area contributed by atoms with Gasteiger partial charge < -0.3 is 15.3 Å². The number of carboxylic acids is 1. The van der Waals surface area contributed by atoms with Gasteiger partial charge >= 0.3 is 12.0 Å². The molecule has 2 aliphatic rings. The molecule has 5 nitrogen and oxygen atoms in total. The van der Waals surface area contributed by atoms with Crippen molar-refractivity contribution in [1.82, 2.24) is 10.2 Å². The van der Waals surface area contributed by atoms with Crippen molar-refractivity contribution in [3.8, 4) is 0 Å². The summed E-state index contributed by atoms with van der Waals surface area (Å²) in [6.07, 6.45) is 5.11. The topological polar surface area (TPSA) is 69.6 Å². The molecule has 0 aromatic heterocycles. The molecule has 17 heavy (non-hydrogen) atoms. The van der Waals surface area contributed by atoms with Crippen LogP contribution in [0.25, 0.3) is 0 Å². The highest BCUT2D eigenvalue weighted by Gasteiger charge is 2.28. The molecule has 0 bridgehead atoms. The fraction of sp³-hybridized carbons (Fsp3) is 0.833. The quantitative estimate of drug-likeness (QED) is 0.778. The molecule has 1 aliphatic carbocycles. The summed E-state index contributed by atoms with van der Waals surface area (Å²) in [6.45, 7) is 1.75. The first kappa shape index (κ1) is 12.2. The Labute approximate surface area is 101 Å². The largest absolute Gasteiger partial charge is 0.481 e. The minimum Gasteiger partial charge on any atom is -0.481 e. The van der Waals surface area contributed by atoms with Gasteiger partial charge in [0.1, 0.15) is 0 Å². The zero-order chi connectivity index (χ0) is 12.3. The van der Waals surface area contributed by atoms with Gasteiger partial charge in [-0.05, 0) is 25.2 Å². The highest BCUT2D eigenvalue weighted by atomic mass is 16.4. The maximum Gasteiger partial charge on any atom is 0.317 e. The Morgan fingerprint density at radius 3 is 2.71 bits per heavy atom. The van der Waals surface area contributed by atoms with E-state index in [1.54, 1.807) is 4.90 Å². The summed E-state index contributed by atoms with van der Waals surface area (Å²) in [5.74, 6) is -0.373. The number of carboxylic acid groups (broad SMARTS) is 1. The summed E-state index contributed by atoms with van der Waals surface area (Å²) in [4.78, 5) is 24.3. The number of hydrogen-bond acceptors (Lipinski definition) is 2. The summed E-state index contributed by atoms with van der Waals surface area (Å²) in [5.41, 5.74) is 0. The standard InChI is InChI=1S/C12H20N2O3/c15-11(16)10-2-1-7-14(8-10)12(17)13-6-5-9-3-4-9/h9-10H,1-8H2,(H,13,17)(H,15,16). The van der Waals surface area contributed by atoms with Gasteiger partial charge in [0.25, 0.3) is 0 Å². The van der Waals surface area contributed by atoms with E-state index in [-0.39, 0.29) is 6.03 Å². The molecule has 0 radical (unpaired) electrons. The second-order valence-corrected chi connectivity index (χ2v) is 5.09. The maximum atomic E-state index is 11.8. The van der Waals surface area contributed by atoms with Crippen molar-refractivity contribution in [2.75, 3.05) is 19.6 Å². The number of piperidine rings is 1. The number of urea groups is 1. The Balaban J connectivity index is 1.71. The molecule has 0 aromatic rings. The molecule has 1 atom stereocenters. The highest BCUT2D eigenvalue weighted by Crippen LogP contribution is 2.31. The van der Waals surface area contributed by atoms with E-state index in [1.165, 1.54) is 12.8 Å². The van der Waals surface area contributed by atoms with Crippen LogP contribution < -0.4 is 5.32 Å². The predicted octanol–water partition coefficient (Wildman–Crippen LogP) is 1.29. The fourth-order valence-electron chi connectivity index (χ4n) is 2.26. The number of aliphatic carboxylic acids is 1. The van der Waals surface area contributed by atoms with Crippen LogP contribution in [0.3, 0.4) is 0 Å². The van der Waals surface area contributed by atoms with Crippen LogP contribution in [0.15, 0.2) is 0 Å². The average Bonchev–Trinajstić information content (AvgIpc) is 3.13. The van der Waals surface area contributed by atoms with Crippen molar-refractivity contribution in [3.63, 3.8) is 0 Å². The number of likely N-dealkylation sites (tertiary alicyclic amines) is 1. The molecule has 1 aliphatic heterocycles. The van der Waals surface area contributed by atoms with Crippen LogP contribution in [-0.4, -0.2) is 41.6 Å². The van der Waals surface area contributed by atoms with Crippen LogP contribution in [0, 0.1) is 11.8 Å². The Kier molecular flexibility index (Phi) is 3.86. The lowest BCUT2D eigenvalue weighted by molar-refractivity contribution is -0.143. The van der Waals surface area contributed by atoms with E-state index < -0.39 is 11.9 Å². The summed E-state index contributed by atoms with van der Waals surface area (Å²) in [6, 6.07) is -0.100. The molecule has 1 saturated heterocycles. The molecule has 0 spiro atoms. The Morgan fingerprint density at radius 2 is 2.06 bits per heavy atom. The molecule has 5 heteroatoms. The van der Waals surface area contributed by atoms with E-state index >= 15 is 0 Å². The lowest BCUT2D eigenvalue weighted by Crippen LogP contribution is -2.47. The maximum absolute atomic E-state index is 11.8. The van der Waals surface area contributed by atoms with Crippen LogP contribution >= 0.6 is 0 Å². The zero-order valence-corrected chi connectivity index (χ0v) is 10.0. The Hall–Kier alpha value is -1.26. The molecule has 0 aromatic carbocycles. The Morgan fingerprint density at radius 1 is 1.29 bits per heavy atom. The molecule has 2 rings (SSSR count). The SMILES string of the molecule is O=C(O)C1CCCN(C(=O)NCCC2CC2)C1. The predicted molar refractivity (Wildman–Crippen MR) is 62.7 cm³/mol. The van der Waals surface area contributed by atoms with Crippen LogP contribution in [0.4, 0.5) is 4.79 Å². The first-order valence-corrected chi connectivity index (χ1v) is 6.42. The van der Waals surface area contributed by atoms with Gasteiger partial charge in [0.2, 0.25) is 0 Å². The number of amides is 2. The van der Waals surface area contributed by atoms with Gasteiger partial charge in [-0.1, -0.05) is 12.8 Å². The fourth-order valence-corrected chi connectivity index (χ4v) is 2.26. The minimum absolute atomic E-state index is 0.100. The van der Waals surface area contributed by atoms with E-state index in [0.29, 0.717) is 19.5 Å². The van der Waals surface area contributed by atoms with Crippen molar-refractivity contribution in [2.24, 2.45) is 11.8 Å². The first-order chi connectivity index (χ1) is 8.16. The van der Waals surface area contributed by atoms with Gasteiger partial charge in [0.05, 0.1) is 5.92 Å². The summed E-state index contributed by atoms with van der Waals surface area (Å²) in [5, 5.41) is 11.8. The van der Waals surface area contributed by atoms with Gasteiger partial charge in [-0.15, -0.1) is 0 Å². The number of nitrogens with one attached hydrogen (secondary N) is 1. The minimum atomic E-state index is -0.791. The van der Waals surface area contributed by atoms with Crippen molar-refractivity contribution in [2.45, 2.75) is 32.1 Å². The summed E-state index contributed by atoms with van der Waals surface area (Å²) in [7, 11) is 0. The third kappa shape index (κ3) is 3.61. The Bertz CT molecular complexity index is 302. The number of rotatable bonds is 4. The molecule has 2 N–H and O–H groups in total. The molecule has 1 heterocycles. The van der Waals surface area contributed by atoms with Gasteiger partial charge in [0, 0.05) is 19.6 Å². The molecular weight excluding hydrogens is 220 g/mol. The van der Waals surface area contributed by atoms with Crippen LogP contribution in [-0.2, 0) is 4.79 Å². The van der Waals surface area contributed by atoms with E-state index in [0.717, 1.165) is 25.3 Å². The van der Waals surface area contributed by atoms with Crippen molar-refractivity contribution < 1.29 is 14.7 Å². The van der Waals surface area contributed by atoms with E-state index in [9.17, 15) is 9.59 Å². The third-order valence-corrected chi connectivity index (χ3v) is 3.58. The molecular formula is C12H20N2O3. The average molecular weight is 240 g/mol. The smallest absolute Gasteiger partial charge is 0.317 e. The molecule has 1 unspecified atom stereocenters. The number of hydrogen-bond donors (Lipinski definition) is 2. The normalized spacial score (nSPS) is 24.5. The summed E-state index contributed by atoms with van der Waals surface area (Å²) >= 11 is 0. The van der Waals surface area contributed by atoms with Crippen LogP contribution in [0.1, 0.15) is 32.1 Å². The van der Waals surface area contributed by atoms with Gasteiger partial charge in [-0.25, -0.2) is 4.79 Å². The monoisotopic (exact) mass is 240 g/mol. The van der Waals surface area contributed by atoms with Gasteiger partial charge in [-0.3, -0.25) is 4.79 Å². The van der Waals surface area contributed by atoms with E-state index in [2.05, 4.69) is 5.32 Å². The van der Waals surface area contributed by atoms with Crippen molar-refractivity contribution >= 4 is 12.0 Å². The summed E-state index contributed by atoms with van der Waals surface area (Å²) < 4.78 is 0. The van der Waals surface area contributed by atoms with Gasteiger partial charge in [-0.2, -0.15) is 0 Å². The number of carbonyl (C=O) groups is 2. The number of nitrogens with zero attached hydrogens (tertiary/aromatic N) is 1. The number of carbonyl (C=O) groups excluding carboxylic acids is 1. The van der Waals surface area contributed by atoms with Crippen molar-refractivity contribution in [3.05, 3.63) is 0 Å². The van der Waals surface area contributed by atoms with Crippen molar-refractivity contribution in [1.29, 1.82) is 0 Å². The molecule has 2 amide bonds. The zero-order valence-electron chi connectivity index (χ0n) is 10.0. The van der Waals surface area contributed by atoms with Gasteiger partial charge in [0.15, 0.2) is 0 Å². The lowest BCUT2D eigenvalue weighted by atomic mass is 9.99. The van der Waals surface area contributed by atoms with E-state index in [1.807, 2.05) is 0 Å². The third-order valence-electron chi connectivity index (χ3n) is 3.58.